The Kier molecular flexibility index (Phi) is 4.69. The molecule has 1 N–H and O–H groups in total. The molecule has 1 aromatic heterocycles. The first kappa shape index (κ1) is 16.3. The van der Waals surface area contributed by atoms with Gasteiger partial charge >= 0.3 is 12.1 Å². The first-order chi connectivity index (χ1) is 10.2. The molecule has 1 atom stereocenters. The fourth-order valence-electron chi connectivity index (χ4n) is 2.35. The largest absolute Gasteiger partial charge is 0.433 e. The third-order valence-corrected chi connectivity index (χ3v) is 3.32. The van der Waals surface area contributed by atoms with Gasteiger partial charge in [-0.25, -0.2) is 0 Å². The first-order valence-electron chi connectivity index (χ1n) is 6.56. The zero-order chi connectivity index (χ0) is 16.3. The van der Waals surface area contributed by atoms with Gasteiger partial charge in [0.25, 0.3) is 5.91 Å². The molecule has 2 heterocycles. The molecule has 0 unspecified atom stereocenters. The predicted octanol–water partition coefficient (Wildman–Crippen LogP) is 1.80. The van der Waals surface area contributed by atoms with E-state index in [-0.39, 0.29) is 24.8 Å². The van der Waals surface area contributed by atoms with Crippen molar-refractivity contribution in [2.24, 2.45) is 5.92 Å². The van der Waals surface area contributed by atoms with Crippen LogP contribution >= 0.6 is 0 Å². The van der Waals surface area contributed by atoms with E-state index in [0.717, 1.165) is 6.07 Å². The Labute approximate surface area is 123 Å². The van der Waals surface area contributed by atoms with E-state index < -0.39 is 29.4 Å². The number of nitro groups is 1. The molecule has 0 spiro atoms. The smallest absolute Gasteiger partial charge is 0.395 e. The molecule has 7 nitrogen and oxygen atoms in total. The first-order valence-corrected chi connectivity index (χ1v) is 6.56. The zero-order valence-electron chi connectivity index (χ0n) is 11.4. The highest BCUT2D eigenvalue weighted by Crippen LogP contribution is 2.22. The quantitative estimate of drug-likeness (QED) is 0.660. The van der Waals surface area contributed by atoms with Gasteiger partial charge in [-0.2, -0.15) is 13.2 Å². The van der Waals surface area contributed by atoms with Gasteiger partial charge in [-0.1, -0.05) is 0 Å². The van der Waals surface area contributed by atoms with Gasteiger partial charge < -0.3 is 9.73 Å². The van der Waals surface area contributed by atoms with Crippen LogP contribution in [-0.4, -0.2) is 48.1 Å². The zero-order valence-corrected chi connectivity index (χ0v) is 11.4. The van der Waals surface area contributed by atoms with E-state index in [4.69, 9.17) is 4.42 Å². The van der Waals surface area contributed by atoms with Crippen LogP contribution in [-0.2, 0) is 0 Å². The molecule has 0 saturated carbocycles. The molecule has 1 aliphatic rings. The summed E-state index contributed by atoms with van der Waals surface area (Å²) >= 11 is 0. The summed E-state index contributed by atoms with van der Waals surface area (Å²) in [6.07, 6.45) is -3.68. The van der Waals surface area contributed by atoms with Crippen molar-refractivity contribution in [2.75, 3.05) is 26.2 Å². The van der Waals surface area contributed by atoms with Crippen LogP contribution in [0.3, 0.4) is 0 Å². The lowest BCUT2D eigenvalue weighted by molar-refractivity contribution is -0.402. The van der Waals surface area contributed by atoms with Crippen LogP contribution in [0.5, 0.6) is 0 Å². The van der Waals surface area contributed by atoms with Crippen LogP contribution in [0.1, 0.15) is 17.0 Å². The van der Waals surface area contributed by atoms with Gasteiger partial charge in [0.15, 0.2) is 5.76 Å². The van der Waals surface area contributed by atoms with E-state index in [1.165, 1.54) is 11.0 Å². The number of hydrogen-bond donors (Lipinski definition) is 1. The van der Waals surface area contributed by atoms with Gasteiger partial charge in [-0.05, 0) is 24.9 Å². The maximum atomic E-state index is 12.3. The van der Waals surface area contributed by atoms with Gasteiger partial charge in [0.2, 0.25) is 0 Å². The molecule has 1 aromatic rings. The molecular formula is C12H14F3N3O4. The third kappa shape index (κ3) is 4.45. The highest BCUT2D eigenvalue weighted by molar-refractivity contribution is 5.91. The minimum Gasteiger partial charge on any atom is -0.395 e. The second-order valence-corrected chi connectivity index (χ2v) is 5.11. The van der Waals surface area contributed by atoms with Crippen molar-refractivity contribution >= 4 is 11.8 Å². The molecule has 0 radical (unpaired) electrons. The number of furan rings is 1. The van der Waals surface area contributed by atoms with Crippen molar-refractivity contribution in [3.63, 3.8) is 0 Å². The normalized spacial score (nSPS) is 19.3. The molecule has 122 valence electrons. The van der Waals surface area contributed by atoms with Crippen LogP contribution in [0.15, 0.2) is 16.5 Å². The Hall–Kier alpha value is -2.10. The number of alkyl halides is 3. The number of nitrogens with one attached hydrogen (secondary N) is 1. The van der Waals surface area contributed by atoms with Gasteiger partial charge in [-0.3, -0.25) is 19.8 Å². The monoisotopic (exact) mass is 321 g/mol. The van der Waals surface area contributed by atoms with E-state index in [0.29, 0.717) is 13.0 Å². The molecule has 22 heavy (non-hydrogen) atoms. The van der Waals surface area contributed by atoms with E-state index in [1.807, 2.05) is 0 Å². The summed E-state index contributed by atoms with van der Waals surface area (Å²) in [5, 5.41) is 13.0. The maximum absolute atomic E-state index is 12.3. The van der Waals surface area contributed by atoms with E-state index >= 15 is 0 Å². The van der Waals surface area contributed by atoms with Crippen molar-refractivity contribution in [3.05, 3.63) is 28.0 Å². The predicted molar refractivity (Wildman–Crippen MR) is 68.3 cm³/mol. The van der Waals surface area contributed by atoms with Crippen molar-refractivity contribution in [1.29, 1.82) is 0 Å². The number of amides is 1. The SMILES string of the molecule is O=C(NC[C@@H]1CCN(CC(F)(F)F)C1)c1ccc([N+](=O)[O-])o1. The standard InChI is InChI=1S/C12H14F3N3O4/c13-12(14,15)7-17-4-3-8(6-17)5-16-11(19)9-1-2-10(22-9)18(20)21/h1-2,8H,3-7H2,(H,16,19)/t8-/m0/s1. The lowest BCUT2D eigenvalue weighted by Crippen LogP contribution is -2.34. The Morgan fingerprint density at radius 2 is 2.23 bits per heavy atom. The highest BCUT2D eigenvalue weighted by atomic mass is 19.4. The molecule has 1 aliphatic heterocycles. The summed E-state index contributed by atoms with van der Waals surface area (Å²) in [4.78, 5) is 22.7. The van der Waals surface area contributed by atoms with Crippen molar-refractivity contribution in [1.82, 2.24) is 10.2 Å². The Morgan fingerprint density at radius 3 is 2.82 bits per heavy atom. The van der Waals surface area contributed by atoms with Crippen molar-refractivity contribution in [2.45, 2.75) is 12.6 Å². The van der Waals surface area contributed by atoms with Gasteiger partial charge in [0.1, 0.15) is 4.92 Å². The van der Waals surface area contributed by atoms with Crippen LogP contribution in [0.2, 0.25) is 0 Å². The molecule has 10 heteroatoms. The Morgan fingerprint density at radius 1 is 1.50 bits per heavy atom. The van der Waals surface area contributed by atoms with Gasteiger partial charge in [0, 0.05) is 13.1 Å². The number of hydrogen-bond acceptors (Lipinski definition) is 5. The van der Waals surface area contributed by atoms with Crippen molar-refractivity contribution < 1.29 is 27.3 Å². The number of rotatable bonds is 5. The molecular weight excluding hydrogens is 307 g/mol. The molecule has 0 aromatic carbocycles. The number of nitrogens with zero attached hydrogens (tertiary/aromatic N) is 2. The second kappa shape index (κ2) is 6.34. The lowest BCUT2D eigenvalue weighted by atomic mass is 10.1. The summed E-state index contributed by atoms with van der Waals surface area (Å²) in [6.45, 7) is -0.187. The van der Waals surface area contributed by atoms with E-state index in [1.54, 1.807) is 0 Å². The fraction of sp³-hybridized carbons (Fsp3) is 0.583. The summed E-state index contributed by atoms with van der Waals surface area (Å²) < 4.78 is 41.5. The van der Waals surface area contributed by atoms with Gasteiger partial charge in [-0.15, -0.1) is 0 Å². The molecule has 1 amide bonds. The summed E-state index contributed by atoms with van der Waals surface area (Å²) in [6, 6.07) is 2.24. The molecule has 0 bridgehead atoms. The van der Waals surface area contributed by atoms with Gasteiger partial charge in [0.05, 0.1) is 12.6 Å². The lowest BCUT2D eigenvalue weighted by Gasteiger charge is -2.17. The fourth-order valence-corrected chi connectivity index (χ4v) is 2.35. The average Bonchev–Trinajstić information content (AvgIpc) is 3.02. The average molecular weight is 321 g/mol. The maximum Gasteiger partial charge on any atom is 0.433 e. The molecule has 1 saturated heterocycles. The van der Waals surface area contributed by atoms with Crippen LogP contribution in [0.25, 0.3) is 0 Å². The minimum atomic E-state index is -4.23. The third-order valence-electron chi connectivity index (χ3n) is 3.32. The van der Waals surface area contributed by atoms with Crippen LogP contribution in [0.4, 0.5) is 19.1 Å². The van der Waals surface area contributed by atoms with Crippen LogP contribution in [0, 0.1) is 16.0 Å². The van der Waals surface area contributed by atoms with E-state index in [9.17, 15) is 28.1 Å². The topological polar surface area (TPSA) is 88.6 Å². The number of likely N-dealkylation sites (tertiary alicyclic amines) is 1. The highest BCUT2D eigenvalue weighted by Gasteiger charge is 2.34. The summed E-state index contributed by atoms with van der Waals surface area (Å²) in [5.74, 6) is -1.45. The Balaban J connectivity index is 1.78. The molecule has 1 fully saturated rings. The molecule has 2 rings (SSSR count). The second-order valence-electron chi connectivity index (χ2n) is 5.11. The number of carbonyl (C=O) groups is 1. The van der Waals surface area contributed by atoms with E-state index in [2.05, 4.69) is 5.32 Å². The summed E-state index contributed by atoms with van der Waals surface area (Å²) in [5.41, 5.74) is 0. The van der Waals surface area contributed by atoms with Crippen molar-refractivity contribution in [3.8, 4) is 0 Å². The number of halogens is 3. The van der Waals surface area contributed by atoms with Crippen LogP contribution < -0.4 is 5.32 Å². The number of carbonyl (C=O) groups excluding carboxylic acids is 1. The molecule has 0 aliphatic carbocycles. The minimum absolute atomic E-state index is 0.0868. The summed E-state index contributed by atoms with van der Waals surface area (Å²) in [7, 11) is 0. The Bertz CT molecular complexity index is 558.